The van der Waals surface area contributed by atoms with Crippen molar-refractivity contribution in [2.75, 3.05) is 27.2 Å². The van der Waals surface area contributed by atoms with Crippen molar-refractivity contribution < 1.29 is 9.59 Å². The SMILES string of the molecule is CN(C)C(=O)C1CCN(C(=O)c2cccc(Cl)c2Cl)CC1. The van der Waals surface area contributed by atoms with Gasteiger partial charge >= 0.3 is 0 Å². The average molecular weight is 329 g/mol. The van der Waals surface area contributed by atoms with Gasteiger partial charge in [-0.3, -0.25) is 9.59 Å². The number of likely N-dealkylation sites (tertiary alicyclic amines) is 1. The van der Waals surface area contributed by atoms with Gasteiger partial charge in [-0.15, -0.1) is 0 Å². The highest BCUT2D eigenvalue weighted by molar-refractivity contribution is 6.43. The van der Waals surface area contributed by atoms with Crippen LogP contribution in [0.25, 0.3) is 0 Å². The first-order valence-electron chi connectivity index (χ1n) is 6.86. The van der Waals surface area contributed by atoms with Crippen molar-refractivity contribution in [3.8, 4) is 0 Å². The second kappa shape index (κ2) is 6.67. The Labute approximate surface area is 134 Å². The number of nitrogens with zero attached hydrogens (tertiary/aromatic N) is 2. The van der Waals surface area contributed by atoms with Crippen LogP contribution in [0.15, 0.2) is 18.2 Å². The molecular weight excluding hydrogens is 311 g/mol. The van der Waals surface area contributed by atoms with Crippen LogP contribution in [0.1, 0.15) is 23.2 Å². The highest BCUT2D eigenvalue weighted by Crippen LogP contribution is 2.28. The van der Waals surface area contributed by atoms with Crippen molar-refractivity contribution in [3.05, 3.63) is 33.8 Å². The summed E-state index contributed by atoms with van der Waals surface area (Å²) < 4.78 is 0. The molecule has 0 aromatic heterocycles. The van der Waals surface area contributed by atoms with Gasteiger partial charge in [-0.2, -0.15) is 0 Å². The van der Waals surface area contributed by atoms with Crippen molar-refractivity contribution in [3.63, 3.8) is 0 Å². The van der Waals surface area contributed by atoms with Gasteiger partial charge in [0.15, 0.2) is 0 Å². The molecule has 0 atom stereocenters. The Morgan fingerprint density at radius 1 is 1.19 bits per heavy atom. The molecule has 0 unspecified atom stereocenters. The van der Waals surface area contributed by atoms with E-state index >= 15 is 0 Å². The Morgan fingerprint density at radius 2 is 1.81 bits per heavy atom. The number of carbonyl (C=O) groups excluding carboxylic acids is 2. The predicted molar refractivity (Wildman–Crippen MR) is 83.8 cm³/mol. The molecule has 4 nitrogen and oxygen atoms in total. The van der Waals surface area contributed by atoms with Gasteiger partial charge in [-0.25, -0.2) is 0 Å². The molecule has 1 fully saturated rings. The van der Waals surface area contributed by atoms with E-state index < -0.39 is 0 Å². The summed E-state index contributed by atoms with van der Waals surface area (Å²) in [5, 5.41) is 0.663. The van der Waals surface area contributed by atoms with Crippen molar-refractivity contribution in [1.29, 1.82) is 0 Å². The van der Waals surface area contributed by atoms with Crippen LogP contribution in [0.4, 0.5) is 0 Å². The summed E-state index contributed by atoms with van der Waals surface area (Å²) in [7, 11) is 3.51. The lowest BCUT2D eigenvalue weighted by Crippen LogP contribution is -2.42. The summed E-state index contributed by atoms with van der Waals surface area (Å²) >= 11 is 12.0. The first kappa shape index (κ1) is 16.1. The molecule has 0 N–H and O–H groups in total. The van der Waals surface area contributed by atoms with Gasteiger partial charge in [0.1, 0.15) is 0 Å². The molecule has 2 amide bonds. The number of hydrogen-bond donors (Lipinski definition) is 0. The summed E-state index contributed by atoms with van der Waals surface area (Å²) in [6.45, 7) is 1.12. The molecular formula is C15H18Cl2N2O2. The van der Waals surface area contributed by atoms with Gasteiger partial charge < -0.3 is 9.80 Å². The third-order valence-corrected chi connectivity index (χ3v) is 4.57. The quantitative estimate of drug-likeness (QED) is 0.837. The summed E-state index contributed by atoms with van der Waals surface area (Å²) in [6.07, 6.45) is 1.36. The zero-order valence-electron chi connectivity index (χ0n) is 12.1. The first-order valence-corrected chi connectivity index (χ1v) is 7.62. The first-order chi connectivity index (χ1) is 9.91. The fraction of sp³-hybridized carbons (Fsp3) is 0.467. The topological polar surface area (TPSA) is 40.6 Å². The molecule has 1 heterocycles. The maximum Gasteiger partial charge on any atom is 0.255 e. The van der Waals surface area contributed by atoms with Gasteiger partial charge in [-0.05, 0) is 25.0 Å². The van der Waals surface area contributed by atoms with Gasteiger partial charge in [0, 0.05) is 33.1 Å². The monoisotopic (exact) mass is 328 g/mol. The fourth-order valence-electron chi connectivity index (χ4n) is 2.53. The minimum absolute atomic E-state index is 0.00103. The molecule has 0 spiro atoms. The molecule has 114 valence electrons. The second-order valence-electron chi connectivity index (χ2n) is 5.40. The summed E-state index contributed by atoms with van der Waals surface area (Å²) in [6, 6.07) is 5.04. The Balaban J connectivity index is 2.04. The Hall–Kier alpha value is -1.26. The number of carbonyl (C=O) groups is 2. The van der Waals surface area contributed by atoms with E-state index in [2.05, 4.69) is 0 Å². The molecule has 1 aromatic carbocycles. The molecule has 1 aromatic rings. The van der Waals surface area contributed by atoms with Crippen molar-refractivity contribution in [2.45, 2.75) is 12.8 Å². The van der Waals surface area contributed by atoms with Crippen LogP contribution in [0.3, 0.4) is 0 Å². The summed E-state index contributed by atoms with van der Waals surface area (Å²) in [5.41, 5.74) is 0.418. The molecule has 0 radical (unpaired) electrons. The van der Waals surface area contributed by atoms with Gasteiger partial charge in [0.25, 0.3) is 5.91 Å². The number of rotatable bonds is 2. The lowest BCUT2D eigenvalue weighted by atomic mass is 9.95. The van der Waals surface area contributed by atoms with Crippen molar-refractivity contribution in [1.82, 2.24) is 9.80 Å². The van der Waals surface area contributed by atoms with Crippen LogP contribution >= 0.6 is 23.2 Å². The van der Waals surface area contributed by atoms with Crippen LogP contribution < -0.4 is 0 Å². The second-order valence-corrected chi connectivity index (χ2v) is 6.19. The Morgan fingerprint density at radius 3 is 2.38 bits per heavy atom. The van der Waals surface area contributed by atoms with Crippen LogP contribution in [-0.4, -0.2) is 48.8 Å². The van der Waals surface area contributed by atoms with Gasteiger partial charge in [0.2, 0.25) is 5.91 Å². The fourth-order valence-corrected chi connectivity index (χ4v) is 2.92. The normalized spacial score (nSPS) is 15.9. The lowest BCUT2D eigenvalue weighted by Gasteiger charge is -2.32. The summed E-state index contributed by atoms with van der Waals surface area (Å²) in [4.78, 5) is 27.7. The minimum Gasteiger partial charge on any atom is -0.349 e. The molecule has 1 aliphatic rings. The maximum absolute atomic E-state index is 12.5. The largest absolute Gasteiger partial charge is 0.349 e. The molecule has 1 saturated heterocycles. The van der Waals surface area contributed by atoms with E-state index in [9.17, 15) is 9.59 Å². The maximum atomic E-state index is 12.5. The molecule has 0 saturated carbocycles. The van der Waals surface area contributed by atoms with Crippen LogP contribution in [0.2, 0.25) is 10.0 Å². The number of piperidine rings is 1. The Kier molecular flexibility index (Phi) is 5.12. The smallest absolute Gasteiger partial charge is 0.255 e. The van der Waals surface area contributed by atoms with E-state index in [0.717, 1.165) is 0 Å². The third kappa shape index (κ3) is 3.50. The lowest BCUT2D eigenvalue weighted by molar-refractivity contribution is -0.134. The highest BCUT2D eigenvalue weighted by Gasteiger charge is 2.29. The standard InChI is InChI=1S/C15H18Cl2N2O2/c1-18(2)14(20)10-6-8-19(9-7-10)15(21)11-4-3-5-12(16)13(11)17/h3-5,10H,6-9H2,1-2H3. The molecule has 0 bridgehead atoms. The van der Waals surface area contributed by atoms with Crippen LogP contribution in [0.5, 0.6) is 0 Å². The molecule has 21 heavy (non-hydrogen) atoms. The van der Waals surface area contributed by atoms with E-state index in [1.54, 1.807) is 42.1 Å². The van der Waals surface area contributed by atoms with Crippen LogP contribution in [-0.2, 0) is 4.79 Å². The van der Waals surface area contributed by atoms with Crippen LogP contribution in [0, 0.1) is 5.92 Å². The van der Waals surface area contributed by atoms with E-state index in [4.69, 9.17) is 23.2 Å². The number of hydrogen-bond acceptors (Lipinski definition) is 2. The Bertz CT molecular complexity index is 553. The molecule has 2 rings (SSSR count). The number of halogens is 2. The van der Waals surface area contributed by atoms with E-state index in [1.807, 2.05) is 0 Å². The summed E-state index contributed by atoms with van der Waals surface area (Å²) in [5.74, 6) is 0.0000206. The predicted octanol–water partition coefficient (Wildman–Crippen LogP) is 2.93. The van der Waals surface area contributed by atoms with E-state index in [0.29, 0.717) is 36.5 Å². The van der Waals surface area contributed by atoms with Gasteiger partial charge in [-0.1, -0.05) is 29.3 Å². The van der Waals surface area contributed by atoms with Crippen molar-refractivity contribution >= 4 is 35.0 Å². The zero-order chi connectivity index (χ0) is 15.6. The number of benzene rings is 1. The number of amides is 2. The van der Waals surface area contributed by atoms with E-state index in [-0.39, 0.29) is 22.8 Å². The van der Waals surface area contributed by atoms with E-state index in [1.165, 1.54) is 0 Å². The van der Waals surface area contributed by atoms with Gasteiger partial charge in [0.05, 0.1) is 15.6 Å². The highest BCUT2D eigenvalue weighted by atomic mass is 35.5. The minimum atomic E-state index is -0.127. The molecule has 6 heteroatoms. The molecule has 0 aliphatic carbocycles. The van der Waals surface area contributed by atoms with Crippen molar-refractivity contribution in [2.24, 2.45) is 5.92 Å². The molecule has 1 aliphatic heterocycles. The third-order valence-electron chi connectivity index (χ3n) is 3.75. The zero-order valence-corrected chi connectivity index (χ0v) is 13.6. The average Bonchev–Trinajstić information content (AvgIpc) is 2.48.